The fourth-order valence-corrected chi connectivity index (χ4v) is 3.78. The summed E-state index contributed by atoms with van der Waals surface area (Å²) >= 11 is 0. The van der Waals surface area contributed by atoms with E-state index in [-0.39, 0.29) is 6.42 Å². The number of ether oxygens (including phenoxy) is 2. The molecule has 4 rings (SSSR count). The second kappa shape index (κ2) is 12.4. The van der Waals surface area contributed by atoms with E-state index in [0.717, 1.165) is 5.56 Å². The fraction of sp³-hybridized carbons (Fsp3) is 0.333. The standard InChI is InChI=1S/C19H24N4O3.C8H10O/c1-13(24)10-17(26-11-14-6-4-3-5-7-14)19(2,25)16-9-8-15-18(20)21-12-22-23(15)16;1-9-7-8-5-3-2-4-6-8/h3-9,12-13,17,24-25H,10-11H2,1-2H3,(H2,20,21,22);2-6H,7H2,1H3. The summed E-state index contributed by atoms with van der Waals surface area (Å²) in [7, 11) is 1.70. The molecular weight excluding hydrogens is 444 g/mol. The van der Waals surface area contributed by atoms with Gasteiger partial charge in [0.2, 0.25) is 0 Å². The molecule has 3 unspecified atom stereocenters. The van der Waals surface area contributed by atoms with Gasteiger partial charge in [-0.15, -0.1) is 0 Å². The van der Waals surface area contributed by atoms with Crippen LogP contribution in [0.5, 0.6) is 0 Å². The monoisotopic (exact) mass is 478 g/mol. The maximum absolute atomic E-state index is 11.3. The number of nitrogen functional groups attached to an aromatic ring is 1. The molecule has 8 nitrogen and oxygen atoms in total. The SMILES string of the molecule is CC(O)CC(OCc1ccccc1)C(C)(O)c1ccc2c(N)ncnn12.COCc1ccccc1. The van der Waals surface area contributed by atoms with E-state index in [9.17, 15) is 10.2 Å². The third-order valence-corrected chi connectivity index (χ3v) is 5.63. The first-order valence-corrected chi connectivity index (χ1v) is 11.5. The Balaban J connectivity index is 0.000000320. The zero-order valence-corrected chi connectivity index (χ0v) is 20.4. The number of anilines is 1. The van der Waals surface area contributed by atoms with Gasteiger partial charge < -0.3 is 25.4 Å². The van der Waals surface area contributed by atoms with Gasteiger partial charge in [-0.3, -0.25) is 0 Å². The number of aliphatic hydroxyl groups is 2. The van der Waals surface area contributed by atoms with Crippen molar-refractivity contribution in [3.8, 4) is 0 Å². The van der Waals surface area contributed by atoms with Crippen LogP contribution in [0.15, 0.2) is 79.1 Å². The summed E-state index contributed by atoms with van der Waals surface area (Å²) in [6.07, 6.45) is 0.342. The van der Waals surface area contributed by atoms with E-state index in [1.54, 1.807) is 37.6 Å². The predicted octanol–water partition coefficient (Wildman–Crippen LogP) is 3.71. The molecule has 0 saturated carbocycles. The topological polar surface area (TPSA) is 115 Å². The summed E-state index contributed by atoms with van der Waals surface area (Å²) < 4.78 is 12.5. The summed E-state index contributed by atoms with van der Waals surface area (Å²) in [6.45, 7) is 4.37. The Labute approximate surface area is 206 Å². The average Bonchev–Trinajstić information content (AvgIpc) is 3.30. The quantitative estimate of drug-likeness (QED) is 0.336. The minimum absolute atomic E-state index is 0.271. The van der Waals surface area contributed by atoms with Crippen molar-refractivity contribution in [3.05, 3.63) is 95.9 Å². The number of hydrogen-bond acceptors (Lipinski definition) is 7. The molecule has 0 amide bonds. The highest BCUT2D eigenvalue weighted by Crippen LogP contribution is 2.32. The van der Waals surface area contributed by atoms with Crippen molar-refractivity contribution in [2.24, 2.45) is 0 Å². The Hall–Kier alpha value is -3.30. The smallest absolute Gasteiger partial charge is 0.151 e. The zero-order valence-electron chi connectivity index (χ0n) is 20.4. The third-order valence-electron chi connectivity index (χ3n) is 5.63. The van der Waals surface area contributed by atoms with Crippen LogP contribution in [0, 0.1) is 0 Å². The lowest BCUT2D eigenvalue weighted by molar-refractivity contribution is -0.126. The lowest BCUT2D eigenvalue weighted by atomic mass is 9.91. The van der Waals surface area contributed by atoms with Crippen LogP contribution in [0.25, 0.3) is 5.52 Å². The molecule has 4 N–H and O–H groups in total. The van der Waals surface area contributed by atoms with Crippen molar-refractivity contribution in [1.29, 1.82) is 0 Å². The molecule has 3 atom stereocenters. The minimum atomic E-state index is -1.39. The van der Waals surface area contributed by atoms with Gasteiger partial charge >= 0.3 is 0 Å². The number of nitrogens with zero attached hydrogens (tertiary/aromatic N) is 3. The number of aromatic nitrogens is 3. The van der Waals surface area contributed by atoms with Crippen molar-refractivity contribution < 1.29 is 19.7 Å². The molecule has 186 valence electrons. The van der Waals surface area contributed by atoms with Crippen LogP contribution in [0.4, 0.5) is 5.82 Å². The van der Waals surface area contributed by atoms with Gasteiger partial charge in [-0.05, 0) is 37.1 Å². The molecule has 0 spiro atoms. The molecule has 2 aromatic heterocycles. The summed E-state index contributed by atoms with van der Waals surface area (Å²) in [6, 6.07) is 23.3. The van der Waals surface area contributed by atoms with Crippen molar-refractivity contribution >= 4 is 11.3 Å². The molecule has 0 radical (unpaired) electrons. The fourth-order valence-electron chi connectivity index (χ4n) is 3.78. The minimum Gasteiger partial charge on any atom is -0.393 e. The van der Waals surface area contributed by atoms with Gasteiger partial charge in [0.25, 0.3) is 0 Å². The third kappa shape index (κ3) is 7.10. The van der Waals surface area contributed by atoms with Gasteiger partial charge in [0.15, 0.2) is 5.82 Å². The van der Waals surface area contributed by atoms with Crippen LogP contribution in [0.1, 0.15) is 37.1 Å². The summed E-state index contributed by atoms with van der Waals surface area (Å²) in [5.41, 5.74) is 7.84. The van der Waals surface area contributed by atoms with Gasteiger partial charge in [0.1, 0.15) is 17.4 Å². The van der Waals surface area contributed by atoms with Gasteiger partial charge in [0, 0.05) is 13.5 Å². The normalized spacial score (nSPS) is 14.5. The van der Waals surface area contributed by atoms with E-state index in [1.807, 2.05) is 60.7 Å². The molecule has 0 saturated heterocycles. The number of fused-ring (bicyclic) bond motifs is 1. The Morgan fingerprint density at radius 2 is 1.57 bits per heavy atom. The van der Waals surface area contributed by atoms with Crippen molar-refractivity contribution in [3.63, 3.8) is 0 Å². The van der Waals surface area contributed by atoms with Crippen LogP contribution >= 0.6 is 0 Å². The van der Waals surface area contributed by atoms with Gasteiger partial charge in [-0.25, -0.2) is 9.50 Å². The number of aliphatic hydroxyl groups excluding tert-OH is 1. The molecule has 0 aliphatic carbocycles. The number of benzene rings is 2. The van der Waals surface area contributed by atoms with E-state index in [1.165, 1.54) is 11.9 Å². The number of methoxy groups -OCH3 is 1. The predicted molar refractivity (Wildman–Crippen MR) is 135 cm³/mol. The first kappa shape index (κ1) is 26.3. The van der Waals surface area contributed by atoms with Crippen molar-refractivity contribution in [2.45, 2.75) is 51.3 Å². The van der Waals surface area contributed by atoms with Crippen LogP contribution < -0.4 is 5.73 Å². The highest BCUT2D eigenvalue weighted by atomic mass is 16.5. The van der Waals surface area contributed by atoms with Gasteiger partial charge in [-0.1, -0.05) is 60.7 Å². The summed E-state index contributed by atoms with van der Waals surface area (Å²) in [4.78, 5) is 3.96. The molecule has 2 heterocycles. The molecular formula is C27H34N4O4. The van der Waals surface area contributed by atoms with Crippen LogP contribution in [-0.4, -0.2) is 44.1 Å². The zero-order chi connectivity index (χ0) is 25.3. The Morgan fingerprint density at radius 1 is 0.971 bits per heavy atom. The molecule has 0 bridgehead atoms. The number of hydrogen-bond donors (Lipinski definition) is 3. The van der Waals surface area contributed by atoms with Crippen molar-refractivity contribution in [1.82, 2.24) is 14.6 Å². The second-order valence-corrected chi connectivity index (χ2v) is 8.60. The average molecular weight is 479 g/mol. The Kier molecular flexibility index (Phi) is 9.33. The number of nitrogens with two attached hydrogens (primary N) is 1. The second-order valence-electron chi connectivity index (χ2n) is 8.60. The van der Waals surface area contributed by atoms with Gasteiger partial charge in [-0.2, -0.15) is 5.10 Å². The first-order valence-electron chi connectivity index (χ1n) is 11.5. The first-order chi connectivity index (χ1) is 16.8. The molecule has 0 fully saturated rings. The maximum Gasteiger partial charge on any atom is 0.151 e. The Bertz CT molecular complexity index is 1160. The van der Waals surface area contributed by atoms with E-state index in [2.05, 4.69) is 10.1 Å². The van der Waals surface area contributed by atoms with Crippen molar-refractivity contribution in [2.75, 3.05) is 12.8 Å². The largest absolute Gasteiger partial charge is 0.393 e. The van der Waals surface area contributed by atoms with Gasteiger partial charge in [0.05, 0.1) is 31.1 Å². The molecule has 35 heavy (non-hydrogen) atoms. The van der Waals surface area contributed by atoms with Crippen LogP contribution in [0.2, 0.25) is 0 Å². The lowest BCUT2D eigenvalue weighted by Gasteiger charge is -2.33. The molecule has 8 heteroatoms. The number of rotatable bonds is 9. The molecule has 4 aromatic rings. The Morgan fingerprint density at radius 3 is 2.14 bits per heavy atom. The summed E-state index contributed by atoms with van der Waals surface area (Å²) in [5, 5.41) is 25.4. The van der Waals surface area contributed by atoms with Crippen LogP contribution in [0.3, 0.4) is 0 Å². The maximum atomic E-state index is 11.3. The van der Waals surface area contributed by atoms with E-state index in [0.29, 0.717) is 30.2 Å². The van der Waals surface area contributed by atoms with E-state index >= 15 is 0 Å². The highest BCUT2D eigenvalue weighted by Gasteiger charge is 2.38. The molecule has 2 aromatic carbocycles. The molecule has 0 aliphatic heterocycles. The molecule has 0 aliphatic rings. The highest BCUT2D eigenvalue weighted by molar-refractivity contribution is 5.65. The van der Waals surface area contributed by atoms with Crippen LogP contribution in [-0.2, 0) is 28.3 Å². The summed E-state index contributed by atoms with van der Waals surface area (Å²) in [5.74, 6) is 0.333. The van der Waals surface area contributed by atoms with E-state index in [4.69, 9.17) is 15.2 Å². The van der Waals surface area contributed by atoms with E-state index < -0.39 is 17.8 Å². The lowest BCUT2D eigenvalue weighted by Crippen LogP contribution is -2.41.